The molecule has 1 heterocycles. The van der Waals surface area contributed by atoms with Gasteiger partial charge in [-0.05, 0) is 62.7 Å². The van der Waals surface area contributed by atoms with Crippen LogP contribution in [0.3, 0.4) is 0 Å². The first-order valence-electron chi connectivity index (χ1n) is 8.65. The van der Waals surface area contributed by atoms with E-state index in [2.05, 4.69) is 15.4 Å². The molecule has 3 rings (SSSR count). The molecule has 8 heteroatoms. The molecule has 1 atom stereocenters. The lowest BCUT2D eigenvalue weighted by atomic mass is 10.1. The third kappa shape index (κ3) is 5.69. The standard InChI is InChI=1S/C19H23N3O3S.ClH/c1-14-4-8-16(9-5-14)22-26(24,25)18-10-6-15(7-11-18)19(23)21-17-3-2-12-20-13-17;/h4-11,17,20,22H,2-3,12-13H2,1H3,(H,21,23);1H/t17-;/m0./s1. The van der Waals surface area contributed by atoms with Crippen LogP contribution in [0.2, 0.25) is 0 Å². The number of anilines is 1. The van der Waals surface area contributed by atoms with Gasteiger partial charge in [0.25, 0.3) is 15.9 Å². The van der Waals surface area contributed by atoms with Gasteiger partial charge in [0, 0.05) is 23.8 Å². The number of nitrogens with one attached hydrogen (secondary N) is 3. The van der Waals surface area contributed by atoms with Gasteiger partial charge in [-0.2, -0.15) is 0 Å². The summed E-state index contributed by atoms with van der Waals surface area (Å²) in [6.45, 7) is 3.68. The van der Waals surface area contributed by atoms with Gasteiger partial charge in [-0.1, -0.05) is 17.7 Å². The molecule has 0 saturated carbocycles. The number of hydrogen-bond acceptors (Lipinski definition) is 4. The van der Waals surface area contributed by atoms with Gasteiger partial charge in [0.1, 0.15) is 0 Å². The molecule has 0 bridgehead atoms. The number of piperidine rings is 1. The molecule has 3 N–H and O–H groups in total. The summed E-state index contributed by atoms with van der Waals surface area (Å²) in [5, 5.41) is 6.22. The average Bonchev–Trinajstić information content (AvgIpc) is 2.64. The van der Waals surface area contributed by atoms with Gasteiger partial charge in [0.15, 0.2) is 0 Å². The van der Waals surface area contributed by atoms with Gasteiger partial charge in [0.2, 0.25) is 0 Å². The number of rotatable bonds is 5. The Morgan fingerprint density at radius 1 is 1.07 bits per heavy atom. The second-order valence-corrected chi connectivity index (χ2v) is 8.20. The second-order valence-electron chi connectivity index (χ2n) is 6.51. The average molecular weight is 410 g/mol. The first-order valence-corrected chi connectivity index (χ1v) is 10.1. The highest BCUT2D eigenvalue weighted by Gasteiger charge is 2.18. The normalized spacial score (nSPS) is 16.9. The van der Waals surface area contributed by atoms with Crippen molar-refractivity contribution in [2.24, 2.45) is 0 Å². The van der Waals surface area contributed by atoms with E-state index in [1.54, 1.807) is 12.1 Å². The van der Waals surface area contributed by atoms with Crippen molar-refractivity contribution in [3.8, 4) is 0 Å². The third-order valence-electron chi connectivity index (χ3n) is 4.36. The first kappa shape index (κ1) is 21.2. The van der Waals surface area contributed by atoms with Crippen molar-refractivity contribution in [2.75, 3.05) is 17.8 Å². The topological polar surface area (TPSA) is 87.3 Å². The Bertz CT molecular complexity index is 862. The van der Waals surface area contributed by atoms with Crippen LogP contribution in [-0.4, -0.2) is 33.5 Å². The summed E-state index contributed by atoms with van der Waals surface area (Å²) >= 11 is 0. The van der Waals surface area contributed by atoms with E-state index in [0.29, 0.717) is 11.3 Å². The van der Waals surface area contributed by atoms with E-state index in [1.165, 1.54) is 24.3 Å². The number of sulfonamides is 1. The van der Waals surface area contributed by atoms with E-state index in [0.717, 1.165) is 31.5 Å². The van der Waals surface area contributed by atoms with Crippen molar-refractivity contribution in [3.05, 3.63) is 59.7 Å². The minimum atomic E-state index is -3.69. The highest BCUT2D eigenvalue weighted by molar-refractivity contribution is 7.92. The van der Waals surface area contributed by atoms with Crippen molar-refractivity contribution in [1.29, 1.82) is 0 Å². The molecule has 1 fully saturated rings. The smallest absolute Gasteiger partial charge is 0.261 e. The van der Waals surface area contributed by atoms with Crippen LogP contribution in [0.4, 0.5) is 5.69 Å². The van der Waals surface area contributed by atoms with Crippen LogP contribution in [0.5, 0.6) is 0 Å². The van der Waals surface area contributed by atoms with Gasteiger partial charge in [0.05, 0.1) is 4.90 Å². The molecule has 2 aromatic carbocycles. The Balaban J connectivity index is 0.00000261. The molecule has 27 heavy (non-hydrogen) atoms. The number of aryl methyl sites for hydroxylation is 1. The Labute approximate surface area is 166 Å². The van der Waals surface area contributed by atoms with Crippen LogP contribution in [0.25, 0.3) is 0 Å². The van der Waals surface area contributed by atoms with E-state index < -0.39 is 10.0 Å². The summed E-state index contributed by atoms with van der Waals surface area (Å²) in [6.07, 6.45) is 1.98. The van der Waals surface area contributed by atoms with E-state index in [-0.39, 0.29) is 29.3 Å². The van der Waals surface area contributed by atoms with Gasteiger partial charge in [-0.25, -0.2) is 8.42 Å². The molecule has 146 valence electrons. The Morgan fingerprint density at radius 3 is 2.33 bits per heavy atom. The van der Waals surface area contributed by atoms with Gasteiger partial charge >= 0.3 is 0 Å². The lowest BCUT2D eigenvalue weighted by molar-refractivity contribution is 0.0930. The Kier molecular flexibility index (Phi) is 7.24. The molecular weight excluding hydrogens is 386 g/mol. The Hall–Kier alpha value is -2.09. The van der Waals surface area contributed by atoms with Crippen LogP contribution in [0, 0.1) is 6.92 Å². The SMILES string of the molecule is Cc1ccc(NS(=O)(=O)c2ccc(C(=O)N[C@H]3CCCNC3)cc2)cc1.Cl. The number of halogens is 1. The summed E-state index contributed by atoms with van der Waals surface area (Å²) < 4.78 is 27.5. The maximum absolute atomic E-state index is 12.5. The predicted molar refractivity (Wildman–Crippen MR) is 109 cm³/mol. The zero-order chi connectivity index (χ0) is 18.6. The highest BCUT2D eigenvalue weighted by Crippen LogP contribution is 2.17. The number of amides is 1. The summed E-state index contributed by atoms with van der Waals surface area (Å²) in [5.41, 5.74) is 2.00. The highest BCUT2D eigenvalue weighted by atomic mass is 35.5. The molecule has 0 aliphatic carbocycles. The fourth-order valence-corrected chi connectivity index (χ4v) is 3.92. The molecular formula is C19H24ClN3O3S. The predicted octanol–water partition coefficient (Wildman–Crippen LogP) is 2.70. The minimum absolute atomic E-state index is 0. The van der Waals surface area contributed by atoms with Crippen molar-refractivity contribution < 1.29 is 13.2 Å². The number of hydrogen-bond donors (Lipinski definition) is 3. The zero-order valence-electron chi connectivity index (χ0n) is 15.1. The van der Waals surface area contributed by atoms with Crippen molar-refractivity contribution >= 4 is 34.0 Å². The van der Waals surface area contributed by atoms with E-state index in [9.17, 15) is 13.2 Å². The van der Waals surface area contributed by atoms with Crippen LogP contribution >= 0.6 is 12.4 Å². The summed E-state index contributed by atoms with van der Waals surface area (Å²) in [6, 6.07) is 13.2. The number of carbonyl (C=O) groups is 1. The molecule has 0 unspecified atom stereocenters. The molecule has 1 aliphatic rings. The molecule has 1 saturated heterocycles. The second kappa shape index (κ2) is 9.21. The third-order valence-corrected chi connectivity index (χ3v) is 5.76. The van der Waals surface area contributed by atoms with Crippen molar-refractivity contribution in [1.82, 2.24) is 10.6 Å². The van der Waals surface area contributed by atoms with Gasteiger partial charge in [-0.15, -0.1) is 12.4 Å². The van der Waals surface area contributed by atoms with E-state index in [4.69, 9.17) is 0 Å². The first-order chi connectivity index (χ1) is 12.4. The molecule has 1 amide bonds. The summed E-state index contributed by atoms with van der Waals surface area (Å²) in [5.74, 6) is -0.186. The molecule has 0 spiro atoms. The molecule has 6 nitrogen and oxygen atoms in total. The van der Waals surface area contributed by atoms with E-state index >= 15 is 0 Å². The summed E-state index contributed by atoms with van der Waals surface area (Å²) in [7, 11) is -3.69. The quantitative estimate of drug-likeness (QED) is 0.708. The largest absolute Gasteiger partial charge is 0.348 e. The molecule has 0 aromatic heterocycles. The monoisotopic (exact) mass is 409 g/mol. The number of carbonyl (C=O) groups excluding carboxylic acids is 1. The van der Waals surface area contributed by atoms with Crippen LogP contribution in [-0.2, 0) is 10.0 Å². The van der Waals surface area contributed by atoms with Crippen LogP contribution < -0.4 is 15.4 Å². The lowest BCUT2D eigenvalue weighted by Gasteiger charge is -2.23. The fraction of sp³-hybridized carbons (Fsp3) is 0.316. The van der Waals surface area contributed by atoms with Gasteiger partial charge in [-0.3, -0.25) is 9.52 Å². The Morgan fingerprint density at radius 2 is 1.74 bits per heavy atom. The maximum Gasteiger partial charge on any atom is 0.261 e. The van der Waals surface area contributed by atoms with Gasteiger partial charge < -0.3 is 10.6 Å². The maximum atomic E-state index is 12.5. The lowest BCUT2D eigenvalue weighted by Crippen LogP contribution is -2.45. The minimum Gasteiger partial charge on any atom is -0.348 e. The van der Waals surface area contributed by atoms with E-state index in [1.807, 2.05) is 19.1 Å². The molecule has 2 aromatic rings. The fourth-order valence-electron chi connectivity index (χ4n) is 2.86. The number of benzene rings is 2. The molecule has 1 aliphatic heterocycles. The summed E-state index contributed by atoms with van der Waals surface area (Å²) in [4.78, 5) is 12.4. The zero-order valence-corrected chi connectivity index (χ0v) is 16.7. The molecule has 0 radical (unpaired) electrons. The van der Waals surface area contributed by atoms with Crippen LogP contribution in [0.15, 0.2) is 53.4 Å². The van der Waals surface area contributed by atoms with Crippen molar-refractivity contribution in [3.63, 3.8) is 0 Å². The van der Waals surface area contributed by atoms with Crippen LogP contribution in [0.1, 0.15) is 28.8 Å². The van der Waals surface area contributed by atoms with Crippen molar-refractivity contribution in [2.45, 2.75) is 30.7 Å².